The largest absolute Gasteiger partial charge is 0.444 e. The zero-order valence-electron chi connectivity index (χ0n) is 16.4. The minimum absolute atomic E-state index is 0.0877. The highest BCUT2D eigenvalue weighted by Gasteiger charge is 2.28. The average Bonchev–Trinajstić information content (AvgIpc) is 2.67. The summed E-state index contributed by atoms with van der Waals surface area (Å²) in [6.07, 6.45) is 1.31. The van der Waals surface area contributed by atoms with Crippen molar-refractivity contribution in [3.05, 3.63) is 54.2 Å². The molecule has 2 aromatic rings. The molecule has 1 aromatic carbocycles. The van der Waals surface area contributed by atoms with Gasteiger partial charge in [0.05, 0.1) is 0 Å². The van der Waals surface area contributed by atoms with Gasteiger partial charge < -0.3 is 19.3 Å². The van der Waals surface area contributed by atoms with Gasteiger partial charge in [-0.3, -0.25) is 4.79 Å². The summed E-state index contributed by atoms with van der Waals surface area (Å²) in [6.45, 7) is 7.34. The van der Waals surface area contributed by atoms with E-state index in [9.17, 15) is 9.59 Å². The second kappa shape index (κ2) is 8.29. The van der Waals surface area contributed by atoms with Crippen LogP contribution in [0.15, 0.2) is 48.7 Å². The van der Waals surface area contributed by atoms with Gasteiger partial charge in [0, 0.05) is 44.0 Å². The number of hydrogen-bond donors (Lipinski definition) is 0. The molecule has 0 saturated carbocycles. The van der Waals surface area contributed by atoms with Crippen LogP contribution < -0.4 is 4.74 Å². The predicted octanol–water partition coefficient (Wildman–Crippen LogP) is 3.57. The summed E-state index contributed by atoms with van der Waals surface area (Å²) in [5, 5.41) is 0. The lowest BCUT2D eigenvalue weighted by molar-refractivity contribution is 0.0141. The van der Waals surface area contributed by atoms with Crippen LogP contribution in [0.5, 0.6) is 11.6 Å². The minimum Gasteiger partial charge on any atom is -0.444 e. The summed E-state index contributed by atoms with van der Waals surface area (Å²) in [4.78, 5) is 32.5. The number of ether oxygens (including phenoxy) is 2. The molecule has 0 bridgehead atoms. The van der Waals surface area contributed by atoms with Crippen molar-refractivity contribution in [1.29, 1.82) is 0 Å². The van der Waals surface area contributed by atoms with Crippen molar-refractivity contribution >= 4 is 12.0 Å². The van der Waals surface area contributed by atoms with Crippen LogP contribution in [0.4, 0.5) is 4.79 Å². The van der Waals surface area contributed by atoms with Gasteiger partial charge in [-0.2, -0.15) is 0 Å². The fourth-order valence-electron chi connectivity index (χ4n) is 2.82. The summed E-state index contributed by atoms with van der Waals surface area (Å²) in [5.41, 5.74) is 0.0112. The lowest BCUT2D eigenvalue weighted by atomic mass is 10.1. The van der Waals surface area contributed by atoms with E-state index in [4.69, 9.17) is 9.47 Å². The van der Waals surface area contributed by atoms with Crippen molar-refractivity contribution in [2.24, 2.45) is 0 Å². The number of amides is 2. The minimum atomic E-state index is -0.530. The van der Waals surface area contributed by atoms with Gasteiger partial charge in [0.15, 0.2) is 0 Å². The van der Waals surface area contributed by atoms with E-state index in [2.05, 4.69) is 4.98 Å². The molecule has 0 spiro atoms. The van der Waals surface area contributed by atoms with Crippen LogP contribution in [0, 0.1) is 0 Å². The fraction of sp³-hybridized carbons (Fsp3) is 0.381. The van der Waals surface area contributed by atoms with Crippen LogP contribution in [-0.4, -0.2) is 58.6 Å². The third kappa shape index (κ3) is 5.22. The number of benzene rings is 1. The van der Waals surface area contributed by atoms with Gasteiger partial charge in [0.25, 0.3) is 5.91 Å². The Morgan fingerprint density at radius 1 is 0.964 bits per heavy atom. The number of nitrogens with zero attached hydrogens (tertiary/aromatic N) is 3. The molecular formula is C21H25N3O4. The van der Waals surface area contributed by atoms with Gasteiger partial charge in [-0.1, -0.05) is 12.1 Å². The van der Waals surface area contributed by atoms with Crippen LogP contribution in [0.1, 0.15) is 31.1 Å². The van der Waals surface area contributed by atoms with Crippen molar-refractivity contribution in [3.8, 4) is 11.6 Å². The molecule has 1 aliphatic rings. The zero-order chi connectivity index (χ0) is 20.1. The van der Waals surface area contributed by atoms with Crippen molar-refractivity contribution in [2.45, 2.75) is 26.4 Å². The number of rotatable bonds is 3. The molecule has 148 valence electrons. The van der Waals surface area contributed by atoms with E-state index >= 15 is 0 Å². The van der Waals surface area contributed by atoms with E-state index in [1.165, 1.54) is 0 Å². The molecule has 0 N–H and O–H groups in total. The molecular weight excluding hydrogens is 358 g/mol. The highest BCUT2D eigenvalue weighted by atomic mass is 16.6. The van der Waals surface area contributed by atoms with Crippen LogP contribution in [0.25, 0.3) is 0 Å². The van der Waals surface area contributed by atoms with E-state index in [0.717, 1.165) is 0 Å². The molecule has 28 heavy (non-hydrogen) atoms. The Morgan fingerprint density at radius 2 is 1.68 bits per heavy atom. The van der Waals surface area contributed by atoms with Crippen molar-refractivity contribution < 1.29 is 19.1 Å². The summed E-state index contributed by atoms with van der Waals surface area (Å²) in [5.74, 6) is 0.935. The van der Waals surface area contributed by atoms with Gasteiger partial charge in [0.1, 0.15) is 11.4 Å². The first-order chi connectivity index (χ1) is 13.3. The maximum atomic E-state index is 12.8. The smallest absolute Gasteiger partial charge is 0.410 e. The maximum Gasteiger partial charge on any atom is 0.410 e. The summed E-state index contributed by atoms with van der Waals surface area (Å²) >= 11 is 0. The van der Waals surface area contributed by atoms with Crippen molar-refractivity contribution in [3.63, 3.8) is 0 Å². The molecule has 0 radical (unpaired) electrons. The first-order valence-electron chi connectivity index (χ1n) is 9.28. The number of hydrogen-bond acceptors (Lipinski definition) is 5. The van der Waals surface area contributed by atoms with Crippen LogP contribution in [0.3, 0.4) is 0 Å². The number of piperazine rings is 1. The molecule has 1 aliphatic heterocycles. The third-order valence-electron chi connectivity index (χ3n) is 4.16. The zero-order valence-corrected chi connectivity index (χ0v) is 16.4. The first-order valence-corrected chi connectivity index (χ1v) is 9.28. The lowest BCUT2D eigenvalue weighted by Gasteiger charge is -2.35. The molecule has 0 unspecified atom stereocenters. The Hall–Kier alpha value is -3.09. The van der Waals surface area contributed by atoms with E-state index in [1.807, 2.05) is 32.9 Å². The fourth-order valence-corrected chi connectivity index (χ4v) is 2.82. The monoisotopic (exact) mass is 383 g/mol. The molecule has 1 fully saturated rings. The second-order valence-corrected chi connectivity index (χ2v) is 7.56. The third-order valence-corrected chi connectivity index (χ3v) is 4.16. The Bertz CT molecular complexity index is 825. The Labute approximate surface area is 164 Å². The molecule has 7 nitrogen and oxygen atoms in total. The van der Waals surface area contributed by atoms with Gasteiger partial charge in [-0.05, 0) is 45.0 Å². The number of aromatic nitrogens is 1. The quantitative estimate of drug-likeness (QED) is 0.810. The van der Waals surface area contributed by atoms with E-state index < -0.39 is 5.60 Å². The van der Waals surface area contributed by atoms with Gasteiger partial charge in [-0.25, -0.2) is 9.78 Å². The lowest BCUT2D eigenvalue weighted by Crippen LogP contribution is -2.51. The Kier molecular flexibility index (Phi) is 5.82. The topological polar surface area (TPSA) is 72.0 Å². The van der Waals surface area contributed by atoms with Gasteiger partial charge in [-0.15, -0.1) is 0 Å². The molecule has 1 aromatic heterocycles. The Balaban J connectivity index is 1.59. The maximum absolute atomic E-state index is 12.8. The molecule has 7 heteroatoms. The molecule has 3 rings (SSSR count). The van der Waals surface area contributed by atoms with Gasteiger partial charge >= 0.3 is 6.09 Å². The van der Waals surface area contributed by atoms with Crippen molar-refractivity contribution in [1.82, 2.24) is 14.8 Å². The summed E-state index contributed by atoms with van der Waals surface area (Å²) in [6, 6.07) is 12.4. The first kappa shape index (κ1) is 19.7. The number of carbonyl (C=O) groups excluding carboxylic acids is 2. The highest BCUT2D eigenvalue weighted by molar-refractivity contribution is 5.94. The number of pyridine rings is 1. The molecule has 0 atom stereocenters. The highest BCUT2D eigenvalue weighted by Crippen LogP contribution is 2.21. The van der Waals surface area contributed by atoms with E-state index in [0.29, 0.717) is 43.4 Å². The summed E-state index contributed by atoms with van der Waals surface area (Å²) in [7, 11) is 0. The SMILES string of the molecule is CC(C)(C)OC(=O)N1CCN(C(=O)c2cccc(Oc3ccccn3)c2)CC1. The molecule has 1 saturated heterocycles. The number of carbonyl (C=O) groups is 2. The standard InChI is InChI=1S/C21H25N3O4/c1-21(2,3)28-20(26)24-13-11-23(12-14-24)19(25)16-7-6-8-17(15-16)27-18-9-4-5-10-22-18/h4-10,15H,11-14H2,1-3H3. The van der Waals surface area contributed by atoms with Gasteiger partial charge in [0.2, 0.25) is 5.88 Å². The molecule has 2 heterocycles. The molecule has 0 aliphatic carbocycles. The normalized spacial score (nSPS) is 14.5. The van der Waals surface area contributed by atoms with Crippen LogP contribution >= 0.6 is 0 Å². The molecule has 2 amide bonds. The van der Waals surface area contributed by atoms with Crippen LogP contribution in [0.2, 0.25) is 0 Å². The average molecular weight is 383 g/mol. The Morgan fingerprint density at radius 3 is 2.32 bits per heavy atom. The van der Waals surface area contributed by atoms with E-state index in [-0.39, 0.29) is 12.0 Å². The van der Waals surface area contributed by atoms with Crippen molar-refractivity contribution in [2.75, 3.05) is 26.2 Å². The van der Waals surface area contributed by atoms with E-state index in [1.54, 1.807) is 46.3 Å². The second-order valence-electron chi connectivity index (χ2n) is 7.56. The van der Waals surface area contributed by atoms with Crippen LogP contribution in [-0.2, 0) is 4.74 Å². The summed E-state index contributed by atoms with van der Waals surface area (Å²) < 4.78 is 11.1. The predicted molar refractivity (Wildman–Crippen MR) is 104 cm³/mol.